The van der Waals surface area contributed by atoms with E-state index in [1.165, 1.54) is 32.4 Å². The van der Waals surface area contributed by atoms with Crippen molar-refractivity contribution in [2.24, 2.45) is 5.92 Å². The van der Waals surface area contributed by atoms with Crippen LogP contribution in [0, 0.1) is 5.92 Å². The number of carboxylic acids is 1. The van der Waals surface area contributed by atoms with Gasteiger partial charge in [-0.3, -0.25) is 9.59 Å². The van der Waals surface area contributed by atoms with Gasteiger partial charge < -0.3 is 25.2 Å². The minimum Gasteiger partial charge on any atom is -0.493 e. The summed E-state index contributed by atoms with van der Waals surface area (Å²) in [6.45, 7) is 3.73. The molecule has 9 heteroatoms. The van der Waals surface area contributed by atoms with Gasteiger partial charge in [0.25, 0.3) is 11.8 Å². The van der Waals surface area contributed by atoms with Gasteiger partial charge in [-0.15, -0.1) is 0 Å². The van der Waals surface area contributed by atoms with Gasteiger partial charge in [0, 0.05) is 11.3 Å². The minimum atomic E-state index is -1.11. The van der Waals surface area contributed by atoms with Crippen LogP contribution < -0.4 is 20.1 Å². The molecule has 0 radical (unpaired) electrons. The summed E-state index contributed by atoms with van der Waals surface area (Å²) in [6.07, 6.45) is 0.290. The fourth-order valence-corrected chi connectivity index (χ4v) is 3.15. The first-order valence-electron chi connectivity index (χ1n) is 9.52. The molecule has 0 aromatic heterocycles. The number of carbonyl (C=O) groups excluding carboxylic acids is 2. The van der Waals surface area contributed by atoms with E-state index in [1.807, 2.05) is 13.8 Å². The smallest absolute Gasteiger partial charge is 0.326 e. The van der Waals surface area contributed by atoms with Crippen LogP contribution in [0.3, 0.4) is 0 Å². The number of carbonyl (C=O) groups is 3. The van der Waals surface area contributed by atoms with Gasteiger partial charge in [-0.2, -0.15) is 0 Å². The van der Waals surface area contributed by atoms with Crippen molar-refractivity contribution in [3.05, 3.63) is 52.5 Å². The van der Waals surface area contributed by atoms with Gasteiger partial charge in [0.2, 0.25) is 0 Å². The van der Waals surface area contributed by atoms with Gasteiger partial charge in [0.05, 0.1) is 24.8 Å². The molecule has 31 heavy (non-hydrogen) atoms. The average Bonchev–Trinajstić information content (AvgIpc) is 2.72. The zero-order valence-corrected chi connectivity index (χ0v) is 18.4. The third-order valence-corrected chi connectivity index (χ3v) is 4.74. The second-order valence-corrected chi connectivity index (χ2v) is 7.62. The Bertz CT molecular complexity index is 976. The van der Waals surface area contributed by atoms with Crippen LogP contribution in [0.25, 0.3) is 0 Å². The summed E-state index contributed by atoms with van der Waals surface area (Å²) >= 11 is 6.21. The molecular formula is C22H25ClN2O6. The molecule has 0 aliphatic rings. The highest BCUT2D eigenvalue weighted by Crippen LogP contribution is 2.28. The maximum absolute atomic E-state index is 12.5. The molecular weight excluding hydrogens is 424 g/mol. The summed E-state index contributed by atoms with van der Waals surface area (Å²) < 4.78 is 10.4. The number of anilines is 1. The molecule has 166 valence electrons. The van der Waals surface area contributed by atoms with Crippen molar-refractivity contribution in [3.63, 3.8) is 0 Å². The summed E-state index contributed by atoms with van der Waals surface area (Å²) in [5.74, 6) is -1.12. The van der Waals surface area contributed by atoms with Gasteiger partial charge in [-0.25, -0.2) is 4.79 Å². The predicted octanol–water partition coefficient (Wildman–Crippen LogP) is 3.84. The Morgan fingerprint density at radius 1 is 1.00 bits per heavy atom. The van der Waals surface area contributed by atoms with Crippen molar-refractivity contribution in [1.82, 2.24) is 5.32 Å². The van der Waals surface area contributed by atoms with Crippen molar-refractivity contribution in [1.29, 1.82) is 0 Å². The highest BCUT2D eigenvalue weighted by Gasteiger charge is 2.23. The number of hydrogen-bond acceptors (Lipinski definition) is 5. The van der Waals surface area contributed by atoms with E-state index in [0.29, 0.717) is 22.7 Å². The highest BCUT2D eigenvalue weighted by molar-refractivity contribution is 6.34. The van der Waals surface area contributed by atoms with Crippen LogP contribution in [0.5, 0.6) is 11.5 Å². The van der Waals surface area contributed by atoms with E-state index in [0.717, 1.165) is 0 Å². The first-order chi connectivity index (χ1) is 14.7. The van der Waals surface area contributed by atoms with E-state index in [9.17, 15) is 19.5 Å². The Labute approximate surface area is 185 Å². The largest absolute Gasteiger partial charge is 0.493 e. The Morgan fingerprint density at radius 2 is 1.68 bits per heavy atom. The van der Waals surface area contributed by atoms with Gasteiger partial charge >= 0.3 is 5.97 Å². The van der Waals surface area contributed by atoms with Crippen LogP contribution in [0.4, 0.5) is 5.69 Å². The lowest BCUT2D eigenvalue weighted by atomic mass is 10.0. The summed E-state index contributed by atoms with van der Waals surface area (Å²) in [5.41, 5.74) is 0.827. The van der Waals surface area contributed by atoms with E-state index < -0.39 is 23.8 Å². The number of rotatable bonds is 9. The van der Waals surface area contributed by atoms with Gasteiger partial charge in [-0.1, -0.05) is 25.4 Å². The monoisotopic (exact) mass is 448 g/mol. The molecule has 0 aliphatic heterocycles. The van der Waals surface area contributed by atoms with Crippen molar-refractivity contribution >= 4 is 35.1 Å². The van der Waals surface area contributed by atoms with E-state index in [4.69, 9.17) is 21.1 Å². The molecule has 3 N–H and O–H groups in total. The molecule has 0 saturated heterocycles. The quantitative estimate of drug-likeness (QED) is 0.537. The molecule has 0 heterocycles. The van der Waals surface area contributed by atoms with E-state index in [-0.39, 0.29) is 22.9 Å². The molecule has 0 bridgehead atoms. The van der Waals surface area contributed by atoms with E-state index in [1.54, 1.807) is 18.2 Å². The zero-order valence-electron chi connectivity index (χ0n) is 17.7. The zero-order chi connectivity index (χ0) is 23.1. The van der Waals surface area contributed by atoms with Crippen LogP contribution in [-0.2, 0) is 4.79 Å². The molecule has 0 saturated carbocycles. The van der Waals surface area contributed by atoms with Crippen molar-refractivity contribution in [2.75, 3.05) is 19.5 Å². The Balaban J connectivity index is 2.14. The maximum Gasteiger partial charge on any atom is 0.326 e. The van der Waals surface area contributed by atoms with E-state index in [2.05, 4.69) is 10.6 Å². The van der Waals surface area contributed by atoms with Gasteiger partial charge in [-0.05, 0) is 48.7 Å². The molecule has 1 atom stereocenters. The van der Waals surface area contributed by atoms with Gasteiger partial charge in [0.15, 0.2) is 11.5 Å². The fraction of sp³-hybridized carbons (Fsp3) is 0.318. The van der Waals surface area contributed by atoms with Crippen LogP contribution in [0.15, 0.2) is 36.4 Å². The van der Waals surface area contributed by atoms with Crippen LogP contribution in [0.1, 0.15) is 41.0 Å². The van der Waals surface area contributed by atoms with Gasteiger partial charge in [0.1, 0.15) is 6.04 Å². The van der Waals surface area contributed by atoms with Crippen molar-refractivity contribution in [3.8, 4) is 11.5 Å². The molecule has 2 aromatic rings. The third kappa shape index (κ3) is 6.36. The first-order valence-corrected chi connectivity index (χ1v) is 9.90. The number of methoxy groups -OCH3 is 2. The molecule has 2 aromatic carbocycles. The normalized spacial score (nSPS) is 11.5. The van der Waals surface area contributed by atoms with Crippen LogP contribution >= 0.6 is 11.6 Å². The highest BCUT2D eigenvalue weighted by atomic mass is 35.5. The molecule has 8 nitrogen and oxygen atoms in total. The number of ether oxygens (including phenoxy) is 2. The standard InChI is InChI=1S/C22H25ClN2O6/c1-12(2)9-17(22(28)29)25-21(27)15-7-6-14(11-16(15)23)24-20(26)13-5-8-18(30-3)19(10-13)31-4/h5-8,10-12,17H,9H2,1-4H3,(H,24,26)(H,25,27)(H,28,29). The molecule has 1 unspecified atom stereocenters. The van der Waals surface area contributed by atoms with Crippen molar-refractivity contribution in [2.45, 2.75) is 26.3 Å². The summed E-state index contributed by atoms with van der Waals surface area (Å²) in [4.78, 5) is 36.4. The summed E-state index contributed by atoms with van der Waals surface area (Å²) in [7, 11) is 2.97. The SMILES string of the molecule is COc1ccc(C(=O)Nc2ccc(C(=O)NC(CC(C)C)C(=O)O)c(Cl)c2)cc1OC. The summed E-state index contributed by atoms with van der Waals surface area (Å²) in [5, 5.41) is 14.5. The molecule has 0 spiro atoms. The molecule has 2 amide bonds. The number of carboxylic acid groups (broad SMARTS) is 1. The lowest BCUT2D eigenvalue weighted by molar-refractivity contribution is -0.139. The number of benzene rings is 2. The number of hydrogen-bond donors (Lipinski definition) is 3. The number of nitrogens with one attached hydrogen (secondary N) is 2. The number of aliphatic carboxylic acids is 1. The maximum atomic E-state index is 12.5. The minimum absolute atomic E-state index is 0.0799. The second kappa shape index (κ2) is 10.7. The molecule has 2 rings (SSSR count). The van der Waals surface area contributed by atoms with E-state index >= 15 is 0 Å². The van der Waals surface area contributed by atoms with Crippen LogP contribution in [0.2, 0.25) is 5.02 Å². The molecule has 0 fully saturated rings. The number of amides is 2. The van der Waals surface area contributed by atoms with Crippen molar-refractivity contribution < 1.29 is 29.0 Å². The summed E-state index contributed by atoms with van der Waals surface area (Å²) in [6, 6.07) is 8.08. The lowest BCUT2D eigenvalue weighted by Crippen LogP contribution is -2.41. The Kier molecular flexibility index (Phi) is 8.27. The lowest BCUT2D eigenvalue weighted by Gasteiger charge is -2.17. The first kappa shape index (κ1) is 24.0. The number of halogens is 1. The Hall–Kier alpha value is -3.26. The second-order valence-electron chi connectivity index (χ2n) is 7.21. The topological polar surface area (TPSA) is 114 Å². The predicted molar refractivity (Wildman–Crippen MR) is 117 cm³/mol. The van der Waals surface area contributed by atoms with Crippen LogP contribution in [-0.4, -0.2) is 43.2 Å². The molecule has 0 aliphatic carbocycles. The fourth-order valence-electron chi connectivity index (χ4n) is 2.89. The third-order valence-electron chi connectivity index (χ3n) is 4.43. The Morgan fingerprint density at radius 3 is 2.23 bits per heavy atom. The average molecular weight is 449 g/mol.